The van der Waals surface area contributed by atoms with Crippen LogP contribution in [0.2, 0.25) is 0 Å². The molecule has 1 heteroatoms. The van der Waals surface area contributed by atoms with E-state index < -0.39 is 0 Å². The second-order valence-electron chi connectivity index (χ2n) is 1.93. The summed E-state index contributed by atoms with van der Waals surface area (Å²) in [5.74, 6) is 0. The molecule has 0 bridgehead atoms. The van der Waals surface area contributed by atoms with Gasteiger partial charge in [-0.3, -0.25) is 7.05 Å². The molecule has 0 aromatic rings. The van der Waals surface area contributed by atoms with Crippen molar-refractivity contribution in [2.45, 2.75) is 12.8 Å². The van der Waals surface area contributed by atoms with Gasteiger partial charge in [-0.2, -0.15) is 0 Å². The Balaban J connectivity index is 2.48. The molecular weight excluding hydrogens is 86.1 g/mol. The van der Waals surface area contributed by atoms with Crippen LogP contribution >= 0.6 is 0 Å². The molecule has 0 amide bonds. The molecule has 0 radical (unpaired) electrons. The van der Waals surface area contributed by atoms with Gasteiger partial charge in [-0.15, -0.1) is 0 Å². The van der Waals surface area contributed by atoms with Crippen molar-refractivity contribution in [2.24, 2.45) is 0 Å². The minimum absolute atomic E-state index is 1.10. The van der Waals surface area contributed by atoms with Gasteiger partial charge in [-0.05, 0) is 25.1 Å². The van der Waals surface area contributed by atoms with Crippen LogP contribution < -0.4 is 0 Å². The maximum atomic E-state index is 3.80. The van der Waals surface area contributed by atoms with Gasteiger partial charge in [0, 0.05) is 0 Å². The van der Waals surface area contributed by atoms with Gasteiger partial charge in [0.05, 0.1) is 0 Å². The molecule has 1 fully saturated rings. The fourth-order valence-corrected chi connectivity index (χ4v) is 0.790. The molecule has 0 aromatic carbocycles. The van der Waals surface area contributed by atoms with Crippen molar-refractivity contribution in [3.63, 3.8) is 0 Å². The molecule has 1 aliphatic rings. The van der Waals surface area contributed by atoms with E-state index in [2.05, 4.69) is 13.6 Å². The summed E-state index contributed by atoms with van der Waals surface area (Å²) in [7, 11) is 3.75. The Labute approximate surface area is 44.6 Å². The molecule has 1 rings (SSSR count). The van der Waals surface area contributed by atoms with Crippen molar-refractivity contribution < 1.29 is 0 Å². The topological polar surface area (TPSA) is 3.24 Å². The van der Waals surface area contributed by atoms with Crippen LogP contribution in [-0.4, -0.2) is 11.4 Å². The Hall–Kier alpha value is -0.460. The number of hydrogen-bond acceptors (Lipinski definition) is 1. The fourth-order valence-electron chi connectivity index (χ4n) is 0.790. The number of nitrogens with zero attached hydrogens (tertiary/aromatic N) is 1. The van der Waals surface area contributed by atoms with Gasteiger partial charge >= 0.3 is 0 Å². The molecule has 1 heterocycles. The standard InChI is InChI=1S/C6H10N/c1-6-4-3-5-7(6)2/h1-5H2/q-1. The normalized spacial score (nSPS) is 21.3. The molecule has 0 aliphatic carbocycles. The van der Waals surface area contributed by atoms with E-state index in [1.165, 1.54) is 12.1 Å². The van der Waals surface area contributed by atoms with Crippen molar-refractivity contribution >= 4 is 0 Å². The molecular formula is C6H10N-. The molecule has 40 valence electrons. The van der Waals surface area contributed by atoms with Gasteiger partial charge in [0.15, 0.2) is 0 Å². The molecule has 1 aliphatic heterocycles. The Morgan fingerprint density at radius 3 is 2.57 bits per heavy atom. The first-order valence-electron chi connectivity index (χ1n) is 2.56. The first kappa shape index (κ1) is 4.69. The summed E-state index contributed by atoms with van der Waals surface area (Å²) in [4.78, 5) is 1.96. The number of hydrogen-bond donors (Lipinski definition) is 0. The summed E-state index contributed by atoms with van der Waals surface area (Å²) in [5, 5.41) is 0. The maximum absolute atomic E-state index is 3.80. The molecule has 1 nitrogen and oxygen atoms in total. The van der Waals surface area contributed by atoms with Gasteiger partial charge in [-0.25, -0.2) is 0 Å². The van der Waals surface area contributed by atoms with Crippen molar-refractivity contribution in [1.29, 1.82) is 0 Å². The Morgan fingerprint density at radius 2 is 2.43 bits per heavy atom. The lowest BCUT2D eigenvalue weighted by molar-refractivity contribution is 0.530. The van der Waals surface area contributed by atoms with E-state index in [9.17, 15) is 0 Å². The monoisotopic (exact) mass is 96.1 g/mol. The van der Waals surface area contributed by atoms with Crippen LogP contribution in [0, 0.1) is 7.05 Å². The lowest BCUT2D eigenvalue weighted by atomic mass is 10.3. The summed E-state index contributed by atoms with van der Waals surface area (Å²) >= 11 is 0. The summed E-state index contributed by atoms with van der Waals surface area (Å²) in [6.07, 6.45) is 2.38. The molecule has 0 unspecified atom stereocenters. The van der Waals surface area contributed by atoms with E-state index in [1.807, 2.05) is 4.90 Å². The zero-order chi connectivity index (χ0) is 5.28. The Kier molecular flexibility index (Phi) is 1.05. The second-order valence-corrected chi connectivity index (χ2v) is 1.93. The van der Waals surface area contributed by atoms with Gasteiger partial charge in [0.1, 0.15) is 0 Å². The van der Waals surface area contributed by atoms with Crippen molar-refractivity contribution in [3.05, 3.63) is 19.3 Å². The Bertz CT molecular complexity index is 86.2. The van der Waals surface area contributed by atoms with Gasteiger partial charge < -0.3 is 4.90 Å². The maximum Gasteiger partial charge on any atom is -0.0118 e. The van der Waals surface area contributed by atoms with Crippen molar-refractivity contribution in [1.82, 2.24) is 4.90 Å². The highest BCUT2D eigenvalue weighted by Gasteiger charge is 2.02. The predicted molar refractivity (Wildman–Crippen MR) is 30.4 cm³/mol. The SMILES string of the molecule is C=C1CCCN1[CH2-]. The highest BCUT2D eigenvalue weighted by Crippen LogP contribution is 2.16. The van der Waals surface area contributed by atoms with Crippen LogP contribution in [0.4, 0.5) is 0 Å². The van der Waals surface area contributed by atoms with Crippen LogP contribution in [0.1, 0.15) is 12.8 Å². The molecule has 0 atom stereocenters. The highest BCUT2D eigenvalue weighted by atomic mass is 15.1. The fraction of sp³-hybridized carbons (Fsp3) is 0.500. The average Bonchev–Trinajstić information content (AvgIpc) is 1.91. The molecule has 0 aromatic heterocycles. The molecule has 1 saturated heterocycles. The van der Waals surface area contributed by atoms with E-state index in [-0.39, 0.29) is 0 Å². The molecule has 0 saturated carbocycles. The third kappa shape index (κ3) is 0.763. The number of likely N-dealkylation sites (tertiary alicyclic amines) is 1. The second kappa shape index (κ2) is 1.57. The summed E-state index contributed by atoms with van der Waals surface area (Å²) in [5.41, 5.74) is 1.18. The van der Waals surface area contributed by atoms with Crippen LogP contribution in [0.3, 0.4) is 0 Å². The summed E-state index contributed by atoms with van der Waals surface area (Å²) in [6, 6.07) is 0. The van der Waals surface area contributed by atoms with Crippen LogP contribution in [0.15, 0.2) is 12.3 Å². The Morgan fingerprint density at radius 1 is 1.71 bits per heavy atom. The smallest absolute Gasteiger partial charge is 0.0118 e. The number of rotatable bonds is 0. The van der Waals surface area contributed by atoms with E-state index in [4.69, 9.17) is 0 Å². The lowest BCUT2D eigenvalue weighted by Gasteiger charge is -2.20. The number of allylic oxidation sites excluding steroid dienone is 1. The quantitative estimate of drug-likeness (QED) is 0.412. The van der Waals surface area contributed by atoms with Crippen LogP contribution in [0.5, 0.6) is 0 Å². The van der Waals surface area contributed by atoms with E-state index >= 15 is 0 Å². The molecule has 0 N–H and O–H groups in total. The van der Waals surface area contributed by atoms with E-state index in [1.54, 1.807) is 0 Å². The van der Waals surface area contributed by atoms with E-state index in [0.29, 0.717) is 0 Å². The largest absolute Gasteiger partial charge is 0.529 e. The lowest BCUT2D eigenvalue weighted by Crippen LogP contribution is -2.05. The first-order valence-corrected chi connectivity index (χ1v) is 2.56. The zero-order valence-electron chi connectivity index (χ0n) is 4.48. The zero-order valence-corrected chi connectivity index (χ0v) is 4.48. The molecule has 7 heavy (non-hydrogen) atoms. The first-order chi connectivity index (χ1) is 3.30. The minimum atomic E-state index is 1.10. The van der Waals surface area contributed by atoms with Crippen LogP contribution in [-0.2, 0) is 0 Å². The van der Waals surface area contributed by atoms with Gasteiger partial charge in [-0.1, -0.05) is 6.58 Å². The van der Waals surface area contributed by atoms with E-state index in [0.717, 1.165) is 13.0 Å². The molecule has 0 spiro atoms. The van der Waals surface area contributed by atoms with Gasteiger partial charge in [0.2, 0.25) is 0 Å². The summed E-state index contributed by atoms with van der Waals surface area (Å²) in [6.45, 7) is 4.89. The summed E-state index contributed by atoms with van der Waals surface area (Å²) < 4.78 is 0. The van der Waals surface area contributed by atoms with Crippen LogP contribution in [0.25, 0.3) is 0 Å². The third-order valence-corrected chi connectivity index (χ3v) is 1.34. The minimum Gasteiger partial charge on any atom is -0.529 e. The van der Waals surface area contributed by atoms with Crippen molar-refractivity contribution in [2.75, 3.05) is 6.54 Å². The third-order valence-electron chi connectivity index (χ3n) is 1.34. The highest BCUT2D eigenvalue weighted by molar-refractivity contribution is 4.98. The van der Waals surface area contributed by atoms with Crippen molar-refractivity contribution in [3.8, 4) is 0 Å². The average molecular weight is 96.2 g/mol. The van der Waals surface area contributed by atoms with Gasteiger partial charge in [0.25, 0.3) is 0 Å². The predicted octanol–water partition coefficient (Wildman–Crippen LogP) is 1.39.